The summed E-state index contributed by atoms with van der Waals surface area (Å²) in [4.78, 5) is 14.7. The van der Waals surface area contributed by atoms with Crippen LogP contribution < -0.4 is 10.2 Å². The van der Waals surface area contributed by atoms with Gasteiger partial charge in [0.15, 0.2) is 0 Å². The number of aryl methyl sites for hydroxylation is 1. The van der Waals surface area contributed by atoms with E-state index in [-0.39, 0.29) is 5.91 Å². The van der Waals surface area contributed by atoms with E-state index in [1.807, 2.05) is 55.2 Å². The first-order chi connectivity index (χ1) is 11.1. The number of anilines is 1. The van der Waals surface area contributed by atoms with Crippen LogP contribution in [0.4, 0.5) is 5.69 Å². The fourth-order valence-corrected chi connectivity index (χ4v) is 2.93. The molecule has 1 amide bonds. The number of hydrogen-bond donors (Lipinski definition) is 1. The summed E-state index contributed by atoms with van der Waals surface area (Å²) < 4.78 is 1.94. The van der Waals surface area contributed by atoms with Crippen LogP contribution in [0.3, 0.4) is 0 Å². The van der Waals surface area contributed by atoms with Gasteiger partial charge in [-0.2, -0.15) is 5.10 Å². The first-order valence-electron chi connectivity index (χ1n) is 7.92. The van der Waals surface area contributed by atoms with Gasteiger partial charge in [-0.15, -0.1) is 0 Å². The molecule has 1 aliphatic heterocycles. The van der Waals surface area contributed by atoms with Crippen molar-refractivity contribution >= 4 is 17.2 Å². The molecular weight excluding hydrogens is 288 g/mol. The monoisotopic (exact) mass is 310 g/mol. The molecule has 5 nitrogen and oxygen atoms in total. The molecule has 0 bridgehead atoms. The Morgan fingerprint density at radius 2 is 2.13 bits per heavy atom. The number of nitrogens with zero attached hydrogens (tertiary/aromatic N) is 3. The fraction of sp³-hybridized carbons (Fsp3) is 0.333. The maximum absolute atomic E-state index is 12.6. The van der Waals surface area contributed by atoms with Crippen LogP contribution in [-0.4, -0.2) is 29.3 Å². The molecular formula is C18H22N4O. The molecule has 0 radical (unpaired) electrons. The van der Waals surface area contributed by atoms with E-state index < -0.39 is 0 Å². The molecule has 0 atom stereocenters. The van der Waals surface area contributed by atoms with E-state index in [1.54, 1.807) is 0 Å². The zero-order chi connectivity index (χ0) is 16.4. The highest BCUT2D eigenvalue weighted by molar-refractivity contribution is 6.21. The quantitative estimate of drug-likeness (QED) is 0.943. The van der Waals surface area contributed by atoms with E-state index in [0.29, 0.717) is 6.54 Å². The summed E-state index contributed by atoms with van der Waals surface area (Å²) in [6, 6.07) is 8.01. The van der Waals surface area contributed by atoms with Crippen LogP contribution in [0.25, 0.3) is 5.57 Å². The lowest BCUT2D eigenvalue weighted by Gasteiger charge is -2.26. The molecule has 1 N–H and O–H groups in total. The number of nitrogens with one attached hydrogen (secondary N) is 1. The summed E-state index contributed by atoms with van der Waals surface area (Å²) in [7, 11) is 2.03. The summed E-state index contributed by atoms with van der Waals surface area (Å²) in [5.41, 5.74) is 4.99. The number of aromatic nitrogens is 2. The Morgan fingerprint density at radius 1 is 1.35 bits per heavy atom. The number of carbonyl (C=O) groups excluding carboxylic acids is 1. The van der Waals surface area contributed by atoms with Crippen LogP contribution in [0, 0.1) is 6.92 Å². The number of carbonyl (C=O) groups is 1. The minimum absolute atomic E-state index is 0.0331. The zero-order valence-corrected chi connectivity index (χ0v) is 13.8. The summed E-state index contributed by atoms with van der Waals surface area (Å²) in [5, 5.41) is 7.34. The normalized spacial score (nSPS) is 13.5. The van der Waals surface area contributed by atoms with Crippen molar-refractivity contribution in [2.24, 2.45) is 0 Å². The standard InChI is InChI=1S/C18H22N4O/c1-4-22-13(2)14(12-20-22)11-19-18(23)16-9-10-21(3)17-8-6-5-7-15(16)17/h5-9,12H,4,10-11H2,1-3H3,(H,19,23). The third-order valence-corrected chi connectivity index (χ3v) is 4.36. The summed E-state index contributed by atoms with van der Waals surface area (Å²) in [6.45, 7) is 6.17. The molecule has 0 fully saturated rings. The second-order valence-electron chi connectivity index (χ2n) is 5.77. The molecule has 120 valence electrons. The van der Waals surface area contributed by atoms with Gasteiger partial charge in [0, 0.05) is 54.8 Å². The largest absolute Gasteiger partial charge is 0.370 e. The number of rotatable bonds is 4. The highest BCUT2D eigenvalue weighted by atomic mass is 16.1. The Morgan fingerprint density at radius 3 is 2.87 bits per heavy atom. The Balaban J connectivity index is 1.75. The minimum Gasteiger partial charge on any atom is -0.370 e. The molecule has 0 aliphatic carbocycles. The lowest BCUT2D eigenvalue weighted by molar-refractivity contribution is -0.115. The molecule has 0 saturated carbocycles. The van der Waals surface area contributed by atoms with Crippen LogP contribution in [-0.2, 0) is 17.9 Å². The topological polar surface area (TPSA) is 50.2 Å². The fourth-order valence-electron chi connectivity index (χ4n) is 2.93. The average Bonchev–Trinajstić information content (AvgIpc) is 2.93. The second kappa shape index (κ2) is 6.28. The number of benzene rings is 1. The number of para-hydroxylation sites is 1. The summed E-state index contributed by atoms with van der Waals surface area (Å²) >= 11 is 0. The first-order valence-corrected chi connectivity index (χ1v) is 7.92. The summed E-state index contributed by atoms with van der Waals surface area (Å²) in [5.74, 6) is -0.0331. The zero-order valence-electron chi connectivity index (χ0n) is 13.8. The predicted octanol–water partition coefficient (Wildman–Crippen LogP) is 2.36. The molecule has 1 aromatic heterocycles. The predicted molar refractivity (Wildman–Crippen MR) is 92.2 cm³/mol. The molecule has 0 spiro atoms. The maximum Gasteiger partial charge on any atom is 0.251 e. The van der Waals surface area contributed by atoms with Crippen molar-refractivity contribution in [1.82, 2.24) is 15.1 Å². The van der Waals surface area contributed by atoms with Crippen molar-refractivity contribution in [3.8, 4) is 0 Å². The van der Waals surface area contributed by atoms with Gasteiger partial charge in [0.25, 0.3) is 5.91 Å². The van der Waals surface area contributed by atoms with E-state index >= 15 is 0 Å². The number of hydrogen-bond acceptors (Lipinski definition) is 3. The van der Waals surface area contributed by atoms with Crippen LogP contribution >= 0.6 is 0 Å². The lowest BCUT2D eigenvalue weighted by Crippen LogP contribution is -2.29. The Bertz CT molecular complexity index is 760. The van der Waals surface area contributed by atoms with Crippen LogP contribution in [0.15, 0.2) is 36.5 Å². The van der Waals surface area contributed by atoms with E-state index in [2.05, 4.69) is 22.2 Å². The Kier molecular flexibility index (Phi) is 4.19. The van der Waals surface area contributed by atoms with E-state index in [1.165, 1.54) is 0 Å². The highest BCUT2D eigenvalue weighted by Gasteiger charge is 2.20. The van der Waals surface area contributed by atoms with Crippen molar-refractivity contribution in [2.45, 2.75) is 26.9 Å². The molecule has 2 heterocycles. The first kappa shape index (κ1) is 15.3. The van der Waals surface area contributed by atoms with Crippen molar-refractivity contribution in [2.75, 3.05) is 18.5 Å². The van der Waals surface area contributed by atoms with Crippen molar-refractivity contribution < 1.29 is 4.79 Å². The third kappa shape index (κ3) is 2.86. The van der Waals surface area contributed by atoms with Gasteiger partial charge in [0.05, 0.1) is 6.20 Å². The van der Waals surface area contributed by atoms with Gasteiger partial charge in [0.1, 0.15) is 0 Å². The minimum atomic E-state index is -0.0331. The molecule has 5 heteroatoms. The Labute approximate surface area is 136 Å². The third-order valence-electron chi connectivity index (χ3n) is 4.36. The number of amides is 1. The van der Waals surface area contributed by atoms with Gasteiger partial charge in [-0.05, 0) is 19.9 Å². The van der Waals surface area contributed by atoms with Crippen LogP contribution in [0.2, 0.25) is 0 Å². The van der Waals surface area contributed by atoms with Gasteiger partial charge in [-0.1, -0.05) is 24.3 Å². The van der Waals surface area contributed by atoms with Crippen molar-refractivity contribution in [3.63, 3.8) is 0 Å². The van der Waals surface area contributed by atoms with Gasteiger partial charge >= 0.3 is 0 Å². The molecule has 23 heavy (non-hydrogen) atoms. The SMILES string of the molecule is CCn1ncc(CNC(=O)C2=CCN(C)c3ccccc32)c1C. The average molecular weight is 310 g/mol. The molecule has 0 saturated heterocycles. The highest BCUT2D eigenvalue weighted by Crippen LogP contribution is 2.30. The number of likely N-dealkylation sites (N-methyl/N-ethyl adjacent to an activating group) is 1. The molecule has 2 aromatic rings. The summed E-state index contributed by atoms with van der Waals surface area (Å²) in [6.07, 6.45) is 3.82. The van der Waals surface area contributed by atoms with Gasteiger partial charge in [-0.25, -0.2) is 0 Å². The second-order valence-corrected chi connectivity index (χ2v) is 5.77. The van der Waals surface area contributed by atoms with Crippen molar-refractivity contribution in [1.29, 1.82) is 0 Å². The van der Waals surface area contributed by atoms with Crippen LogP contribution in [0.1, 0.15) is 23.7 Å². The molecule has 0 unspecified atom stereocenters. The number of fused-ring (bicyclic) bond motifs is 1. The smallest absolute Gasteiger partial charge is 0.251 e. The Hall–Kier alpha value is -2.56. The molecule has 1 aromatic carbocycles. The lowest BCUT2D eigenvalue weighted by atomic mass is 9.98. The van der Waals surface area contributed by atoms with E-state index in [4.69, 9.17) is 0 Å². The van der Waals surface area contributed by atoms with E-state index in [0.717, 1.165) is 41.2 Å². The van der Waals surface area contributed by atoms with E-state index in [9.17, 15) is 4.79 Å². The maximum atomic E-state index is 12.6. The van der Waals surface area contributed by atoms with Crippen LogP contribution in [0.5, 0.6) is 0 Å². The van der Waals surface area contributed by atoms with Gasteiger partial charge in [0.2, 0.25) is 0 Å². The van der Waals surface area contributed by atoms with Gasteiger partial charge in [-0.3, -0.25) is 9.48 Å². The molecule has 1 aliphatic rings. The molecule has 3 rings (SSSR count). The van der Waals surface area contributed by atoms with Gasteiger partial charge < -0.3 is 10.2 Å². The van der Waals surface area contributed by atoms with Crippen molar-refractivity contribution in [3.05, 3.63) is 53.4 Å².